The summed E-state index contributed by atoms with van der Waals surface area (Å²) in [5, 5.41) is 2.80. The van der Waals surface area contributed by atoms with Crippen LogP contribution in [0.2, 0.25) is 0 Å². The van der Waals surface area contributed by atoms with E-state index in [0.29, 0.717) is 22.9 Å². The number of para-hydroxylation sites is 1. The average molecular weight is 495 g/mol. The van der Waals surface area contributed by atoms with E-state index in [0.717, 1.165) is 42.4 Å². The lowest BCUT2D eigenvalue weighted by atomic mass is 10.2. The van der Waals surface area contributed by atoms with E-state index >= 15 is 0 Å². The standard InChI is InChI=1S/C26H30N4O4S/c1-28-16-18-29(19-17-28)22-10-8-21(9-11-22)27-26(31)20-30(35(2,32)33)23-12-14-25(15-13-23)34-24-6-4-3-5-7-24/h3-15H,16-20H2,1-2H3,(H,27,31). The predicted molar refractivity (Wildman–Crippen MR) is 140 cm³/mol. The molecule has 1 heterocycles. The molecule has 1 aliphatic rings. The maximum atomic E-state index is 12.7. The van der Waals surface area contributed by atoms with E-state index in [9.17, 15) is 13.2 Å². The Morgan fingerprint density at radius 1 is 0.886 bits per heavy atom. The lowest BCUT2D eigenvalue weighted by Gasteiger charge is -2.34. The first-order chi connectivity index (χ1) is 16.8. The maximum Gasteiger partial charge on any atom is 0.245 e. The zero-order chi connectivity index (χ0) is 24.8. The van der Waals surface area contributed by atoms with Crippen LogP contribution >= 0.6 is 0 Å². The minimum atomic E-state index is -3.68. The van der Waals surface area contributed by atoms with Crippen molar-refractivity contribution in [3.8, 4) is 11.5 Å². The van der Waals surface area contributed by atoms with Gasteiger partial charge in [0.2, 0.25) is 15.9 Å². The van der Waals surface area contributed by atoms with Crippen molar-refractivity contribution < 1.29 is 17.9 Å². The van der Waals surface area contributed by atoms with Crippen molar-refractivity contribution in [1.29, 1.82) is 0 Å². The molecule has 1 amide bonds. The Balaban J connectivity index is 1.39. The van der Waals surface area contributed by atoms with Crippen LogP contribution in [0.3, 0.4) is 0 Å². The summed E-state index contributed by atoms with van der Waals surface area (Å²) in [6, 6.07) is 23.5. The van der Waals surface area contributed by atoms with Crippen molar-refractivity contribution in [3.05, 3.63) is 78.9 Å². The van der Waals surface area contributed by atoms with Crippen LogP contribution in [-0.2, 0) is 14.8 Å². The number of hydrogen-bond acceptors (Lipinski definition) is 6. The second kappa shape index (κ2) is 10.8. The van der Waals surface area contributed by atoms with E-state index in [-0.39, 0.29) is 6.54 Å². The van der Waals surface area contributed by atoms with Crippen LogP contribution in [0.15, 0.2) is 78.9 Å². The maximum absolute atomic E-state index is 12.7. The molecule has 1 fully saturated rings. The fraction of sp³-hybridized carbons (Fsp3) is 0.269. The summed E-state index contributed by atoms with van der Waals surface area (Å²) in [6.45, 7) is 3.61. The highest BCUT2D eigenvalue weighted by molar-refractivity contribution is 7.92. The molecular formula is C26H30N4O4S. The molecular weight excluding hydrogens is 464 g/mol. The number of ether oxygens (including phenoxy) is 1. The third-order valence-electron chi connectivity index (χ3n) is 5.81. The summed E-state index contributed by atoms with van der Waals surface area (Å²) in [5.41, 5.74) is 2.10. The Hall–Kier alpha value is -3.56. The summed E-state index contributed by atoms with van der Waals surface area (Å²) in [5.74, 6) is 0.823. The van der Waals surface area contributed by atoms with Crippen LogP contribution in [0.5, 0.6) is 11.5 Å². The van der Waals surface area contributed by atoms with Crippen LogP contribution in [-0.4, -0.2) is 65.3 Å². The molecule has 1 saturated heterocycles. The van der Waals surface area contributed by atoms with Gasteiger partial charge < -0.3 is 19.9 Å². The Morgan fingerprint density at radius 3 is 2.09 bits per heavy atom. The molecule has 3 aromatic rings. The number of amides is 1. The number of likely N-dealkylation sites (N-methyl/N-ethyl adjacent to an activating group) is 1. The van der Waals surface area contributed by atoms with E-state index in [2.05, 4.69) is 22.2 Å². The van der Waals surface area contributed by atoms with Gasteiger partial charge in [0.15, 0.2) is 0 Å². The molecule has 0 spiro atoms. The lowest BCUT2D eigenvalue weighted by molar-refractivity contribution is -0.114. The molecule has 3 aromatic carbocycles. The number of anilines is 3. The molecule has 0 saturated carbocycles. The number of sulfonamides is 1. The molecule has 0 atom stereocenters. The van der Waals surface area contributed by atoms with Crippen molar-refractivity contribution in [1.82, 2.24) is 4.90 Å². The first-order valence-corrected chi connectivity index (χ1v) is 13.3. The smallest absolute Gasteiger partial charge is 0.245 e. The second-order valence-electron chi connectivity index (χ2n) is 8.56. The van der Waals surface area contributed by atoms with Crippen molar-refractivity contribution >= 4 is 33.0 Å². The van der Waals surface area contributed by atoms with Gasteiger partial charge in [-0.05, 0) is 67.7 Å². The first-order valence-electron chi connectivity index (χ1n) is 11.4. The molecule has 4 rings (SSSR count). The zero-order valence-electron chi connectivity index (χ0n) is 19.9. The number of carbonyl (C=O) groups excluding carboxylic acids is 1. The van der Waals surface area contributed by atoms with Gasteiger partial charge in [-0.2, -0.15) is 0 Å². The van der Waals surface area contributed by atoms with Gasteiger partial charge in [0, 0.05) is 37.6 Å². The molecule has 0 radical (unpaired) electrons. The van der Waals surface area contributed by atoms with Crippen molar-refractivity contribution in [2.45, 2.75) is 0 Å². The number of benzene rings is 3. The highest BCUT2D eigenvalue weighted by Gasteiger charge is 2.21. The fourth-order valence-electron chi connectivity index (χ4n) is 3.86. The monoisotopic (exact) mass is 494 g/mol. The van der Waals surface area contributed by atoms with E-state index in [1.807, 2.05) is 54.6 Å². The molecule has 9 heteroatoms. The van der Waals surface area contributed by atoms with Gasteiger partial charge in [-0.15, -0.1) is 0 Å². The van der Waals surface area contributed by atoms with E-state index in [1.54, 1.807) is 24.3 Å². The number of piperazine rings is 1. The Kier molecular flexibility index (Phi) is 7.57. The molecule has 1 aliphatic heterocycles. The number of carbonyl (C=O) groups is 1. The zero-order valence-corrected chi connectivity index (χ0v) is 20.7. The number of rotatable bonds is 8. The molecule has 0 aliphatic carbocycles. The molecule has 1 N–H and O–H groups in total. The minimum Gasteiger partial charge on any atom is -0.457 e. The summed E-state index contributed by atoms with van der Waals surface area (Å²) in [6.07, 6.45) is 1.08. The number of nitrogens with one attached hydrogen (secondary N) is 1. The van der Waals surface area contributed by atoms with Gasteiger partial charge in [-0.25, -0.2) is 8.42 Å². The number of nitrogens with zero attached hydrogens (tertiary/aromatic N) is 3. The normalized spacial score (nSPS) is 14.4. The lowest BCUT2D eigenvalue weighted by Crippen LogP contribution is -2.44. The van der Waals surface area contributed by atoms with Gasteiger partial charge >= 0.3 is 0 Å². The Bertz CT molecular complexity index is 1220. The van der Waals surface area contributed by atoms with Crippen molar-refractivity contribution in [3.63, 3.8) is 0 Å². The minimum absolute atomic E-state index is 0.335. The molecule has 8 nitrogen and oxygen atoms in total. The fourth-order valence-corrected chi connectivity index (χ4v) is 4.71. The summed E-state index contributed by atoms with van der Waals surface area (Å²) in [7, 11) is -1.57. The topological polar surface area (TPSA) is 82.2 Å². The van der Waals surface area contributed by atoms with E-state index in [4.69, 9.17) is 4.74 Å². The second-order valence-corrected chi connectivity index (χ2v) is 10.5. The quantitative estimate of drug-likeness (QED) is 0.515. The third kappa shape index (κ3) is 6.74. The highest BCUT2D eigenvalue weighted by Crippen LogP contribution is 2.26. The molecule has 0 unspecified atom stereocenters. The van der Waals surface area contributed by atoms with Gasteiger partial charge in [-0.3, -0.25) is 9.10 Å². The van der Waals surface area contributed by atoms with E-state index < -0.39 is 15.9 Å². The molecule has 0 bridgehead atoms. The molecule has 35 heavy (non-hydrogen) atoms. The van der Waals surface area contributed by atoms with Crippen LogP contribution < -0.4 is 19.3 Å². The number of hydrogen-bond donors (Lipinski definition) is 1. The van der Waals surface area contributed by atoms with Crippen molar-refractivity contribution in [2.24, 2.45) is 0 Å². The SMILES string of the molecule is CN1CCN(c2ccc(NC(=O)CN(c3ccc(Oc4ccccc4)cc3)S(C)(=O)=O)cc2)CC1. The average Bonchev–Trinajstić information content (AvgIpc) is 2.84. The first kappa shape index (κ1) is 24.6. The summed E-state index contributed by atoms with van der Waals surface area (Å²) < 4.78 is 31.7. The summed E-state index contributed by atoms with van der Waals surface area (Å²) >= 11 is 0. The molecule has 0 aromatic heterocycles. The van der Waals surface area contributed by atoms with Gasteiger partial charge in [-0.1, -0.05) is 18.2 Å². The van der Waals surface area contributed by atoms with Crippen LogP contribution in [0.1, 0.15) is 0 Å². The van der Waals surface area contributed by atoms with E-state index in [1.165, 1.54) is 0 Å². The predicted octanol–water partition coefficient (Wildman–Crippen LogP) is 3.64. The Morgan fingerprint density at radius 2 is 1.49 bits per heavy atom. The van der Waals surface area contributed by atoms with Crippen LogP contribution in [0.25, 0.3) is 0 Å². The van der Waals surface area contributed by atoms with Gasteiger partial charge in [0.1, 0.15) is 18.0 Å². The third-order valence-corrected chi connectivity index (χ3v) is 6.95. The molecule has 184 valence electrons. The van der Waals surface area contributed by atoms with Gasteiger partial charge in [0.05, 0.1) is 11.9 Å². The van der Waals surface area contributed by atoms with Crippen LogP contribution in [0.4, 0.5) is 17.1 Å². The Labute approximate surface area is 206 Å². The van der Waals surface area contributed by atoms with Crippen LogP contribution in [0, 0.1) is 0 Å². The van der Waals surface area contributed by atoms with Gasteiger partial charge in [0.25, 0.3) is 0 Å². The summed E-state index contributed by atoms with van der Waals surface area (Å²) in [4.78, 5) is 17.3. The largest absolute Gasteiger partial charge is 0.457 e. The highest BCUT2D eigenvalue weighted by atomic mass is 32.2. The van der Waals surface area contributed by atoms with Crippen molar-refractivity contribution in [2.75, 3.05) is 60.5 Å².